The fourth-order valence-electron chi connectivity index (χ4n) is 5.95. The van der Waals surface area contributed by atoms with Crippen molar-refractivity contribution in [1.29, 1.82) is 0 Å². The SMILES string of the molecule is CC(C)[C@@H]1C[C@@H](C(=O)NC(CC2CC2)C(=O)C(N)=O)N(C(=O)[C@@H](NC(=O)N[C@H](C(=O)OCc2ccccc2)C2CC2)C(C)(C)C)C1. The molecule has 252 valence electrons. The van der Waals surface area contributed by atoms with Crippen LogP contribution in [-0.2, 0) is 35.3 Å². The number of nitrogens with two attached hydrogens (primary N) is 1. The molecular formula is C34H49N5O7. The van der Waals surface area contributed by atoms with Crippen LogP contribution in [0, 0.1) is 29.1 Å². The van der Waals surface area contributed by atoms with E-state index in [9.17, 15) is 28.8 Å². The number of nitrogens with one attached hydrogen (secondary N) is 3. The van der Waals surface area contributed by atoms with Crippen molar-refractivity contribution >= 4 is 35.5 Å². The summed E-state index contributed by atoms with van der Waals surface area (Å²) in [5.41, 5.74) is 5.34. The van der Waals surface area contributed by atoms with Crippen LogP contribution in [-0.4, -0.2) is 71.1 Å². The molecule has 0 spiro atoms. The number of rotatable bonds is 14. The van der Waals surface area contributed by atoms with Crippen molar-refractivity contribution in [3.63, 3.8) is 0 Å². The summed E-state index contributed by atoms with van der Waals surface area (Å²) in [6, 6.07) is 4.73. The number of nitrogens with zero attached hydrogens (tertiary/aromatic N) is 1. The Morgan fingerprint density at radius 1 is 0.935 bits per heavy atom. The van der Waals surface area contributed by atoms with Gasteiger partial charge in [0, 0.05) is 6.54 Å². The number of esters is 1. The molecule has 5 atom stereocenters. The fraction of sp³-hybridized carbons (Fsp3) is 0.647. The lowest BCUT2D eigenvalue weighted by molar-refractivity contribution is -0.147. The van der Waals surface area contributed by atoms with Crippen LogP contribution in [0.15, 0.2) is 30.3 Å². The molecule has 4 rings (SSSR count). The zero-order chi connectivity index (χ0) is 33.8. The number of likely N-dealkylation sites (tertiary alicyclic amines) is 1. The number of hydrogen-bond donors (Lipinski definition) is 4. The fourth-order valence-corrected chi connectivity index (χ4v) is 5.95. The summed E-state index contributed by atoms with van der Waals surface area (Å²) in [5.74, 6) is -3.12. The predicted octanol–water partition coefficient (Wildman–Crippen LogP) is 2.43. The Hall–Kier alpha value is -3.96. The first kappa shape index (κ1) is 34.9. The van der Waals surface area contributed by atoms with Gasteiger partial charge in [0.05, 0.1) is 6.04 Å². The number of ether oxygens (including phenoxy) is 1. The van der Waals surface area contributed by atoms with E-state index in [0.29, 0.717) is 12.8 Å². The number of carbonyl (C=O) groups is 6. The number of hydrogen-bond acceptors (Lipinski definition) is 7. The first-order valence-corrected chi connectivity index (χ1v) is 16.4. The Bertz CT molecular complexity index is 1300. The molecule has 1 saturated heterocycles. The lowest BCUT2D eigenvalue weighted by Gasteiger charge is -2.36. The molecule has 46 heavy (non-hydrogen) atoms. The highest BCUT2D eigenvalue weighted by Crippen LogP contribution is 2.36. The van der Waals surface area contributed by atoms with Crippen molar-refractivity contribution < 1.29 is 33.5 Å². The number of Topliss-reactive ketones (excluding diaryl/α,β-unsaturated/α-hetero) is 1. The molecule has 1 aromatic rings. The van der Waals surface area contributed by atoms with Crippen molar-refractivity contribution in [3.05, 3.63) is 35.9 Å². The molecular weight excluding hydrogens is 590 g/mol. The van der Waals surface area contributed by atoms with Gasteiger partial charge in [-0.1, -0.05) is 77.8 Å². The summed E-state index contributed by atoms with van der Waals surface area (Å²) in [6.07, 6.45) is 4.06. The average Bonchev–Trinajstić information content (AvgIpc) is 3.94. The third kappa shape index (κ3) is 9.29. The average molecular weight is 640 g/mol. The standard InChI is InChI=1S/C34H49N5O7/c1-19(2)23-16-25(30(42)36-24(15-20-11-12-20)27(40)29(35)41)39(17-23)31(43)28(34(3,4)5)38-33(45)37-26(22-13-14-22)32(44)46-18-21-9-7-6-8-10-21/h6-10,19-20,22-26,28H,11-18H2,1-5H3,(H2,35,41)(H,36,42)(H2,37,38,45)/t23-,24?,25+,26+,28-/m1/s1. The van der Waals surface area contributed by atoms with E-state index in [4.69, 9.17) is 10.5 Å². The van der Waals surface area contributed by atoms with Crippen molar-refractivity contribution in [3.8, 4) is 0 Å². The van der Waals surface area contributed by atoms with Gasteiger partial charge in [0.2, 0.25) is 17.6 Å². The topological polar surface area (TPSA) is 177 Å². The largest absolute Gasteiger partial charge is 0.459 e. The molecule has 12 heteroatoms. The first-order chi connectivity index (χ1) is 21.6. The number of ketones is 1. The summed E-state index contributed by atoms with van der Waals surface area (Å²) in [7, 11) is 0. The van der Waals surface area contributed by atoms with Crippen LogP contribution in [0.3, 0.4) is 0 Å². The third-order valence-corrected chi connectivity index (χ3v) is 9.25. The van der Waals surface area contributed by atoms with Gasteiger partial charge in [0.25, 0.3) is 5.91 Å². The van der Waals surface area contributed by atoms with E-state index in [2.05, 4.69) is 16.0 Å². The normalized spacial score (nSPS) is 21.6. The number of benzene rings is 1. The Kier molecular flexibility index (Phi) is 11.1. The molecule has 1 aromatic carbocycles. The van der Waals surface area contributed by atoms with E-state index < -0.39 is 65.1 Å². The molecule has 5 amide bonds. The second-order valence-electron chi connectivity index (χ2n) is 14.5. The summed E-state index contributed by atoms with van der Waals surface area (Å²) in [5, 5.41) is 8.25. The van der Waals surface area contributed by atoms with Crippen LogP contribution < -0.4 is 21.7 Å². The Balaban J connectivity index is 1.46. The van der Waals surface area contributed by atoms with Crippen molar-refractivity contribution in [2.75, 3.05) is 6.54 Å². The van der Waals surface area contributed by atoms with Gasteiger partial charge in [-0.3, -0.25) is 19.2 Å². The van der Waals surface area contributed by atoms with Crippen LogP contribution in [0.25, 0.3) is 0 Å². The molecule has 1 unspecified atom stereocenters. The van der Waals surface area contributed by atoms with Crippen LogP contribution in [0.1, 0.15) is 78.7 Å². The van der Waals surface area contributed by atoms with Crippen LogP contribution in [0.2, 0.25) is 0 Å². The van der Waals surface area contributed by atoms with Gasteiger partial charge in [-0.2, -0.15) is 0 Å². The minimum Gasteiger partial charge on any atom is -0.459 e. The molecule has 1 heterocycles. The number of urea groups is 1. The zero-order valence-electron chi connectivity index (χ0n) is 27.5. The van der Waals surface area contributed by atoms with Crippen LogP contribution in [0.5, 0.6) is 0 Å². The Morgan fingerprint density at radius 2 is 1.59 bits per heavy atom. The van der Waals surface area contributed by atoms with Gasteiger partial charge in [-0.05, 0) is 60.3 Å². The number of primary amides is 1. The van der Waals surface area contributed by atoms with E-state index in [1.165, 1.54) is 4.90 Å². The zero-order valence-corrected chi connectivity index (χ0v) is 27.5. The van der Waals surface area contributed by atoms with Crippen molar-refractivity contribution in [2.24, 2.45) is 34.8 Å². The Labute approximate surface area is 270 Å². The van der Waals surface area contributed by atoms with Gasteiger partial charge >= 0.3 is 12.0 Å². The third-order valence-electron chi connectivity index (χ3n) is 9.25. The first-order valence-electron chi connectivity index (χ1n) is 16.4. The molecule has 12 nitrogen and oxygen atoms in total. The van der Waals surface area contributed by atoms with E-state index >= 15 is 0 Å². The smallest absolute Gasteiger partial charge is 0.329 e. The molecule has 3 fully saturated rings. The molecule has 3 aliphatic rings. The highest BCUT2D eigenvalue weighted by molar-refractivity contribution is 6.37. The highest BCUT2D eigenvalue weighted by Gasteiger charge is 2.47. The molecule has 2 aliphatic carbocycles. The predicted molar refractivity (Wildman–Crippen MR) is 170 cm³/mol. The van der Waals surface area contributed by atoms with Crippen molar-refractivity contribution in [1.82, 2.24) is 20.9 Å². The molecule has 0 radical (unpaired) electrons. The van der Waals surface area contributed by atoms with Gasteiger partial charge < -0.3 is 31.3 Å². The van der Waals surface area contributed by atoms with E-state index in [1.54, 1.807) is 0 Å². The quantitative estimate of drug-likeness (QED) is 0.178. The lowest BCUT2D eigenvalue weighted by Crippen LogP contribution is -2.61. The van der Waals surface area contributed by atoms with E-state index in [1.807, 2.05) is 65.0 Å². The van der Waals surface area contributed by atoms with Gasteiger partial charge in [-0.15, -0.1) is 0 Å². The van der Waals surface area contributed by atoms with Crippen LogP contribution in [0.4, 0.5) is 4.79 Å². The monoisotopic (exact) mass is 639 g/mol. The molecule has 0 aromatic heterocycles. The molecule has 2 saturated carbocycles. The molecule has 1 aliphatic heterocycles. The van der Waals surface area contributed by atoms with Crippen LogP contribution >= 0.6 is 0 Å². The maximum Gasteiger partial charge on any atom is 0.329 e. The van der Waals surface area contributed by atoms with E-state index in [0.717, 1.165) is 31.2 Å². The lowest BCUT2D eigenvalue weighted by atomic mass is 9.85. The maximum absolute atomic E-state index is 14.2. The Morgan fingerprint density at radius 3 is 2.13 bits per heavy atom. The molecule has 0 bridgehead atoms. The second kappa shape index (κ2) is 14.6. The van der Waals surface area contributed by atoms with E-state index in [-0.39, 0.29) is 36.8 Å². The molecule has 5 N–H and O–H groups in total. The summed E-state index contributed by atoms with van der Waals surface area (Å²) >= 11 is 0. The maximum atomic E-state index is 14.2. The summed E-state index contributed by atoms with van der Waals surface area (Å²) in [6.45, 7) is 9.83. The van der Waals surface area contributed by atoms with Crippen molar-refractivity contribution in [2.45, 2.75) is 104 Å². The minimum absolute atomic E-state index is 0.00139. The second-order valence-corrected chi connectivity index (χ2v) is 14.5. The minimum atomic E-state index is -1.11. The van der Waals surface area contributed by atoms with Gasteiger partial charge in [0.1, 0.15) is 24.7 Å². The highest BCUT2D eigenvalue weighted by atomic mass is 16.5. The summed E-state index contributed by atoms with van der Waals surface area (Å²) < 4.78 is 5.51. The number of amides is 5. The van der Waals surface area contributed by atoms with Gasteiger partial charge in [0.15, 0.2) is 0 Å². The summed E-state index contributed by atoms with van der Waals surface area (Å²) in [4.78, 5) is 80.0. The number of carbonyl (C=O) groups excluding carboxylic acids is 6. The van der Waals surface area contributed by atoms with Gasteiger partial charge in [-0.25, -0.2) is 9.59 Å².